The van der Waals surface area contributed by atoms with E-state index in [1.165, 1.54) is 5.57 Å². The molecule has 2 N–H and O–H groups in total. The molecule has 74 valence electrons. The van der Waals surface area contributed by atoms with Crippen LogP contribution in [-0.4, -0.2) is 12.3 Å². The van der Waals surface area contributed by atoms with E-state index in [0.29, 0.717) is 0 Å². The molecule has 0 atom stereocenters. The van der Waals surface area contributed by atoms with Crippen LogP contribution in [0.1, 0.15) is 5.56 Å². The molecule has 0 aliphatic carbocycles. The van der Waals surface area contributed by atoms with Gasteiger partial charge in [-0.3, -0.25) is 5.43 Å². The Bertz CT molecular complexity index is 483. The Balaban J connectivity index is 2.19. The average Bonchev–Trinajstić information content (AvgIpc) is 2.48. The summed E-state index contributed by atoms with van der Waals surface area (Å²) in [6.45, 7) is 0.843. The highest BCUT2D eigenvalue weighted by atomic mass is 15.3. The van der Waals surface area contributed by atoms with Crippen molar-refractivity contribution in [1.82, 2.24) is 5.43 Å². The number of fused-ring (bicyclic) bond motifs is 3. The molecule has 0 spiro atoms. The summed E-state index contributed by atoms with van der Waals surface area (Å²) in [6, 6.07) is 8.22. The quantitative estimate of drug-likeness (QED) is 0.666. The van der Waals surface area contributed by atoms with Gasteiger partial charge in [0.1, 0.15) is 0 Å². The standard InChI is InChI=1S/C12H11N3/c1-2-4-11-10(3-1)12-9(5-7-13-11)6-8-14-15-12/h1-6,8,13-14H,7H2. The number of anilines is 1. The van der Waals surface area contributed by atoms with E-state index in [1.54, 1.807) is 0 Å². The second kappa shape index (κ2) is 3.28. The van der Waals surface area contributed by atoms with Crippen molar-refractivity contribution in [3.05, 3.63) is 53.8 Å². The highest BCUT2D eigenvalue weighted by Gasteiger charge is 2.16. The van der Waals surface area contributed by atoms with Gasteiger partial charge in [-0.2, -0.15) is 5.10 Å². The van der Waals surface area contributed by atoms with E-state index in [4.69, 9.17) is 0 Å². The van der Waals surface area contributed by atoms with Gasteiger partial charge in [0.2, 0.25) is 0 Å². The Hall–Kier alpha value is -2.03. The molecule has 0 amide bonds. The van der Waals surface area contributed by atoms with Gasteiger partial charge < -0.3 is 5.32 Å². The van der Waals surface area contributed by atoms with Gasteiger partial charge in [-0.25, -0.2) is 0 Å². The van der Waals surface area contributed by atoms with Crippen LogP contribution in [-0.2, 0) is 0 Å². The van der Waals surface area contributed by atoms with Crippen LogP contribution in [0.15, 0.2) is 53.3 Å². The van der Waals surface area contributed by atoms with Gasteiger partial charge in [-0.15, -0.1) is 0 Å². The third kappa shape index (κ3) is 1.32. The first-order valence-corrected chi connectivity index (χ1v) is 4.99. The lowest BCUT2D eigenvalue weighted by molar-refractivity contribution is 0.955. The van der Waals surface area contributed by atoms with Crippen LogP contribution in [0, 0.1) is 0 Å². The molecule has 15 heavy (non-hydrogen) atoms. The highest BCUT2D eigenvalue weighted by molar-refractivity contribution is 6.18. The molecule has 0 aromatic heterocycles. The second-order valence-corrected chi connectivity index (χ2v) is 3.51. The molecule has 2 aliphatic heterocycles. The van der Waals surface area contributed by atoms with Crippen molar-refractivity contribution in [3.63, 3.8) is 0 Å². The van der Waals surface area contributed by atoms with Crippen molar-refractivity contribution in [1.29, 1.82) is 0 Å². The number of hydrogen-bond acceptors (Lipinski definition) is 3. The maximum atomic E-state index is 4.32. The molecule has 0 fully saturated rings. The Morgan fingerprint density at radius 3 is 3.13 bits per heavy atom. The van der Waals surface area contributed by atoms with Crippen LogP contribution in [0.25, 0.3) is 0 Å². The number of nitrogens with zero attached hydrogens (tertiary/aromatic N) is 1. The molecular formula is C12H11N3. The first-order chi connectivity index (χ1) is 7.45. The molecular weight excluding hydrogens is 186 g/mol. The summed E-state index contributed by atoms with van der Waals surface area (Å²) in [5.74, 6) is 0. The zero-order valence-electron chi connectivity index (χ0n) is 8.20. The molecule has 2 heterocycles. The summed E-state index contributed by atoms with van der Waals surface area (Å²) in [7, 11) is 0. The average molecular weight is 197 g/mol. The van der Waals surface area contributed by atoms with E-state index < -0.39 is 0 Å². The van der Waals surface area contributed by atoms with E-state index in [0.717, 1.165) is 23.5 Å². The maximum Gasteiger partial charge on any atom is 0.0996 e. The lowest BCUT2D eigenvalue weighted by atomic mass is 10.0. The van der Waals surface area contributed by atoms with E-state index >= 15 is 0 Å². The van der Waals surface area contributed by atoms with Crippen molar-refractivity contribution in [2.45, 2.75) is 0 Å². The SMILES string of the molecule is C1=CC2=CCNc3ccccc3C2=NN1. The van der Waals surface area contributed by atoms with Gasteiger partial charge >= 0.3 is 0 Å². The molecule has 0 radical (unpaired) electrons. The van der Waals surface area contributed by atoms with Crippen LogP contribution < -0.4 is 10.7 Å². The van der Waals surface area contributed by atoms with Gasteiger partial charge in [0.15, 0.2) is 0 Å². The van der Waals surface area contributed by atoms with Crippen molar-refractivity contribution in [2.75, 3.05) is 11.9 Å². The zero-order valence-corrected chi connectivity index (χ0v) is 8.20. The second-order valence-electron chi connectivity index (χ2n) is 3.51. The van der Waals surface area contributed by atoms with Gasteiger partial charge in [-0.05, 0) is 12.1 Å². The monoisotopic (exact) mass is 197 g/mol. The van der Waals surface area contributed by atoms with Crippen molar-refractivity contribution in [3.8, 4) is 0 Å². The number of rotatable bonds is 0. The smallest absolute Gasteiger partial charge is 0.0996 e. The predicted molar refractivity (Wildman–Crippen MR) is 61.8 cm³/mol. The fourth-order valence-electron chi connectivity index (χ4n) is 1.87. The first kappa shape index (κ1) is 8.29. The van der Waals surface area contributed by atoms with Crippen LogP contribution in [0.2, 0.25) is 0 Å². The molecule has 0 unspecified atom stereocenters. The third-order valence-electron chi connectivity index (χ3n) is 2.58. The number of benzene rings is 1. The molecule has 1 aromatic rings. The Morgan fingerprint density at radius 2 is 2.13 bits per heavy atom. The lowest BCUT2D eigenvalue weighted by Crippen LogP contribution is -2.13. The number of hydrazone groups is 1. The first-order valence-electron chi connectivity index (χ1n) is 4.99. The molecule has 3 heteroatoms. The normalized spacial score (nSPS) is 17.3. The predicted octanol–water partition coefficient (Wildman–Crippen LogP) is 1.86. The fourth-order valence-corrected chi connectivity index (χ4v) is 1.87. The number of nitrogens with one attached hydrogen (secondary N) is 2. The minimum Gasteiger partial charge on any atom is -0.381 e. The minimum atomic E-state index is 0.843. The zero-order chi connectivity index (χ0) is 10.1. The fraction of sp³-hybridized carbons (Fsp3) is 0.0833. The summed E-state index contributed by atoms with van der Waals surface area (Å²) in [6.07, 6.45) is 6.05. The maximum absolute atomic E-state index is 4.32. The third-order valence-corrected chi connectivity index (χ3v) is 2.58. The van der Waals surface area contributed by atoms with E-state index in [2.05, 4.69) is 34.1 Å². The molecule has 0 bridgehead atoms. The van der Waals surface area contributed by atoms with Crippen LogP contribution in [0.5, 0.6) is 0 Å². The summed E-state index contributed by atoms with van der Waals surface area (Å²) in [5, 5.41) is 7.69. The Kier molecular flexibility index (Phi) is 1.81. The number of hydrogen-bond donors (Lipinski definition) is 2. The van der Waals surface area contributed by atoms with Crippen LogP contribution >= 0.6 is 0 Å². The van der Waals surface area contributed by atoms with Crippen molar-refractivity contribution in [2.24, 2.45) is 5.10 Å². The molecule has 2 aliphatic rings. The van der Waals surface area contributed by atoms with Gasteiger partial charge in [0, 0.05) is 29.6 Å². The lowest BCUT2D eigenvalue weighted by Gasteiger charge is -2.12. The minimum absolute atomic E-state index is 0.843. The summed E-state index contributed by atoms with van der Waals surface area (Å²) >= 11 is 0. The summed E-state index contributed by atoms with van der Waals surface area (Å²) < 4.78 is 0. The van der Waals surface area contributed by atoms with Crippen LogP contribution in [0.4, 0.5) is 5.69 Å². The van der Waals surface area contributed by atoms with Crippen LogP contribution in [0.3, 0.4) is 0 Å². The van der Waals surface area contributed by atoms with Gasteiger partial charge in [0.25, 0.3) is 0 Å². The molecule has 3 rings (SSSR count). The molecule has 3 nitrogen and oxygen atoms in total. The largest absolute Gasteiger partial charge is 0.381 e. The van der Waals surface area contributed by atoms with E-state index in [-0.39, 0.29) is 0 Å². The van der Waals surface area contributed by atoms with E-state index in [1.807, 2.05) is 24.4 Å². The Labute approximate surface area is 88.2 Å². The molecule has 0 saturated carbocycles. The summed E-state index contributed by atoms with van der Waals surface area (Å²) in [5.41, 5.74) is 7.37. The summed E-state index contributed by atoms with van der Waals surface area (Å²) in [4.78, 5) is 0. The highest BCUT2D eigenvalue weighted by Crippen LogP contribution is 2.23. The van der Waals surface area contributed by atoms with Gasteiger partial charge in [0.05, 0.1) is 5.71 Å². The van der Waals surface area contributed by atoms with Gasteiger partial charge in [-0.1, -0.05) is 24.3 Å². The molecule has 1 aromatic carbocycles. The topological polar surface area (TPSA) is 36.4 Å². The number of para-hydroxylation sites is 1. The molecule has 0 saturated heterocycles. The number of allylic oxidation sites excluding steroid dienone is 2. The Morgan fingerprint density at radius 1 is 1.20 bits per heavy atom. The van der Waals surface area contributed by atoms with Crippen molar-refractivity contribution >= 4 is 11.4 Å². The van der Waals surface area contributed by atoms with Crippen molar-refractivity contribution < 1.29 is 0 Å². The van der Waals surface area contributed by atoms with E-state index in [9.17, 15) is 0 Å².